The van der Waals surface area contributed by atoms with Crippen LogP contribution in [0.4, 0.5) is 0 Å². The van der Waals surface area contributed by atoms with Crippen molar-refractivity contribution in [1.82, 2.24) is 9.97 Å². The number of aromatic nitrogens is 2. The normalized spacial score (nSPS) is 11.8. The lowest BCUT2D eigenvalue weighted by molar-refractivity contribution is 0.320. The second-order valence-corrected chi connectivity index (χ2v) is 3.57. The fourth-order valence-electron chi connectivity index (χ4n) is 0.840. The van der Waals surface area contributed by atoms with Gasteiger partial charge >= 0.3 is 0 Å². The van der Waals surface area contributed by atoms with Crippen molar-refractivity contribution in [3.63, 3.8) is 0 Å². The van der Waals surface area contributed by atoms with Gasteiger partial charge in [-0.25, -0.2) is 9.97 Å². The molecule has 0 aliphatic rings. The van der Waals surface area contributed by atoms with Crippen molar-refractivity contribution in [3.8, 4) is 0 Å². The zero-order valence-corrected chi connectivity index (χ0v) is 9.39. The molecule has 70 valence electrons. The van der Waals surface area contributed by atoms with Crippen molar-refractivity contribution >= 4 is 32.7 Å². The van der Waals surface area contributed by atoms with Gasteiger partial charge in [0.15, 0.2) is 5.82 Å². The van der Waals surface area contributed by atoms with Crippen LogP contribution in [-0.4, -0.2) is 20.3 Å². The quantitative estimate of drug-likeness (QED) is 0.481. The number of hydrogen-bond donors (Lipinski definition) is 1. The average molecular weight is 265 g/mol. The molecule has 13 heavy (non-hydrogen) atoms. The molecule has 0 aromatic carbocycles. The van der Waals surface area contributed by atoms with Gasteiger partial charge in [-0.05, 0) is 29.8 Å². The molecule has 0 unspecified atom stereocenters. The summed E-state index contributed by atoms with van der Waals surface area (Å²) in [4.78, 5) is 8.05. The second-order valence-electron chi connectivity index (χ2n) is 2.42. The number of nitrogens with zero attached hydrogens (tertiary/aromatic N) is 3. The lowest BCUT2D eigenvalue weighted by atomic mass is 10.3. The molecular weight excluding hydrogens is 257 g/mol. The van der Waals surface area contributed by atoms with Gasteiger partial charge in [0.2, 0.25) is 5.17 Å². The Kier molecular flexibility index (Phi) is 3.22. The molecule has 0 amide bonds. The summed E-state index contributed by atoms with van der Waals surface area (Å²) in [5.74, 6) is 0.224. The minimum atomic E-state index is -0.112. The zero-order chi connectivity index (χ0) is 10.0. The number of rotatable bonds is 1. The predicted octanol–water partition coefficient (Wildman–Crippen LogP) is 2.23. The summed E-state index contributed by atoms with van der Waals surface area (Å²) in [6.07, 6.45) is 0. The van der Waals surface area contributed by atoms with Gasteiger partial charge in [-0.1, -0.05) is 16.8 Å². The van der Waals surface area contributed by atoms with Crippen molar-refractivity contribution < 1.29 is 5.21 Å². The van der Waals surface area contributed by atoms with Gasteiger partial charge in [0, 0.05) is 0 Å². The van der Waals surface area contributed by atoms with Crippen LogP contribution in [0.2, 0.25) is 0 Å². The number of aryl methyl sites for hydroxylation is 2. The SMILES string of the molecule is Cc1nc(C(Cl)=NO)nc(C)c1Br. The van der Waals surface area contributed by atoms with Crippen molar-refractivity contribution in [2.45, 2.75) is 13.8 Å². The highest BCUT2D eigenvalue weighted by Crippen LogP contribution is 2.17. The maximum Gasteiger partial charge on any atom is 0.212 e. The molecule has 4 nitrogen and oxygen atoms in total. The standard InChI is InChI=1S/C7H7BrClN3O/c1-3-5(8)4(2)11-7(10-3)6(9)12-13/h13H,1-2H3. The smallest absolute Gasteiger partial charge is 0.212 e. The Bertz CT molecular complexity index is 344. The minimum Gasteiger partial charge on any atom is -0.410 e. The Morgan fingerprint density at radius 2 is 1.85 bits per heavy atom. The minimum absolute atomic E-state index is 0.112. The first kappa shape index (κ1) is 10.4. The Morgan fingerprint density at radius 1 is 1.38 bits per heavy atom. The van der Waals surface area contributed by atoms with Crippen molar-refractivity contribution in [2.75, 3.05) is 0 Å². The molecule has 0 radical (unpaired) electrons. The third-order valence-corrected chi connectivity index (χ3v) is 2.85. The molecule has 1 aromatic heterocycles. The van der Waals surface area contributed by atoms with E-state index in [1.54, 1.807) is 0 Å². The van der Waals surface area contributed by atoms with Crippen LogP contribution < -0.4 is 0 Å². The van der Waals surface area contributed by atoms with Gasteiger partial charge in [0.05, 0.1) is 15.9 Å². The van der Waals surface area contributed by atoms with E-state index in [9.17, 15) is 0 Å². The summed E-state index contributed by atoms with van der Waals surface area (Å²) in [6, 6.07) is 0. The summed E-state index contributed by atoms with van der Waals surface area (Å²) >= 11 is 8.86. The Morgan fingerprint density at radius 3 is 2.23 bits per heavy atom. The number of halogens is 2. The van der Waals surface area contributed by atoms with Gasteiger partial charge in [0.25, 0.3) is 0 Å². The van der Waals surface area contributed by atoms with Crippen LogP contribution >= 0.6 is 27.5 Å². The van der Waals surface area contributed by atoms with E-state index in [0.29, 0.717) is 0 Å². The molecule has 6 heteroatoms. The Balaban J connectivity index is 3.29. The van der Waals surface area contributed by atoms with Crippen LogP contribution in [0.5, 0.6) is 0 Å². The fourth-order valence-corrected chi connectivity index (χ4v) is 1.10. The molecule has 1 heterocycles. The van der Waals surface area contributed by atoms with Crippen molar-refractivity contribution in [3.05, 3.63) is 21.7 Å². The van der Waals surface area contributed by atoms with E-state index in [-0.39, 0.29) is 11.0 Å². The highest BCUT2D eigenvalue weighted by Gasteiger charge is 2.09. The molecule has 0 fully saturated rings. The van der Waals surface area contributed by atoms with E-state index in [1.807, 2.05) is 13.8 Å². The van der Waals surface area contributed by atoms with Gasteiger partial charge < -0.3 is 5.21 Å². The lowest BCUT2D eigenvalue weighted by Crippen LogP contribution is -2.04. The van der Waals surface area contributed by atoms with Gasteiger partial charge in [-0.2, -0.15) is 0 Å². The van der Waals surface area contributed by atoms with Gasteiger partial charge in [-0.15, -0.1) is 0 Å². The summed E-state index contributed by atoms with van der Waals surface area (Å²) < 4.78 is 0.832. The van der Waals surface area contributed by atoms with E-state index in [0.717, 1.165) is 15.9 Å². The molecule has 1 N–H and O–H groups in total. The van der Waals surface area contributed by atoms with E-state index in [4.69, 9.17) is 16.8 Å². The van der Waals surface area contributed by atoms with Crippen LogP contribution in [-0.2, 0) is 0 Å². The lowest BCUT2D eigenvalue weighted by Gasteiger charge is -2.03. The molecule has 0 aliphatic heterocycles. The van der Waals surface area contributed by atoms with E-state index in [1.165, 1.54) is 0 Å². The van der Waals surface area contributed by atoms with E-state index >= 15 is 0 Å². The van der Waals surface area contributed by atoms with Crippen LogP contribution in [0.25, 0.3) is 0 Å². The van der Waals surface area contributed by atoms with Crippen LogP contribution in [0.1, 0.15) is 17.2 Å². The van der Waals surface area contributed by atoms with Crippen LogP contribution in [0.3, 0.4) is 0 Å². The molecule has 0 saturated heterocycles. The fraction of sp³-hybridized carbons (Fsp3) is 0.286. The molecule has 1 aromatic rings. The second kappa shape index (κ2) is 4.02. The van der Waals surface area contributed by atoms with Gasteiger partial charge in [0.1, 0.15) is 0 Å². The molecule has 0 saturated carbocycles. The molecule has 0 atom stereocenters. The van der Waals surface area contributed by atoms with E-state index < -0.39 is 0 Å². The summed E-state index contributed by atoms with van der Waals surface area (Å²) in [5.41, 5.74) is 1.51. The Hall–Kier alpha value is -0.680. The number of hydrogen-bond acceptors (Lipinski definition) is 4. The molecule has 1 rings (SSSR count). The Labute approximate surface area is 88.8 Å². The highest BCUT2D eigenvalue weighted by molar-refractivity contribution is 9.10. The first-order valence-electron chi connectivity index (χ1n) is 3.45. The topological polar surface area (TPSA) is 58.4 Å². The molecule has 0 bridgehead atoms. The number of oxime groups is 1. The molecule has 0 spiro atoms. The van der Waals surface area contributed by atoms with Gasteiger partial charge in [-0.3, -0.25) is 0 Å². The third kappa shape index (κ3) is 2.16. The summed E-state index contributed by atoms with van der Waals surface area (Å²) in [6.45, 7) is 3.62. The zero-order valence-electron chi connectivity index (χ0n) is 7.04. The predicted molar refractivity (Wildman–Crippen MR) is 53.4 cm³/mol. The van der Waals surface area contributed by atoms with Crippen LogP contribution in [0.15, 0.2) is 9.63 Å². The molecule has 0 aliphatic carbocycles. The molecular formula is C7H7BrClN3O. The largest absolute Gasteiger partial charge is 0.410 e. The maximum atomic E-state index is 8.40. The van der Waals surface area contributed by atoms with Crippen molar-refractivity contribution in [1.29, 1.82) is 0 Å². The average Bonchev–Trinajstić information content (AvgIpc) is 2.12. The van der Waals surface area contributed by atoms with Crippen LogP contribution in [0, 0.1) is 13.8 Å². The first-order valence-corrected chi connectivity index (χ1v) is 4.62. The highest BCUT2D eigenvalue weighted by atomic mass is 79.9. The summed E-state index contributed by atoms with van der Waals surface area (Å²) in [7, 11) is 0. The summed E-state index contributed by atoms with van der Waals surface area (Å²) in [5, 5.41) is 11.1. The third-order valence-electron chi connectivity index (χ3n) is 1.45. The first-order chi connectivity index (χ1) is 6.06. The van der Waals surface area contributed by atoms with E-state index in [2.05, 4.69) is 31.1 Å². The maximum absolute atomic E-state index is 8.40. The monoisotopic (exact) mass is 263 g/mol. The van der Waals surface area contributed by atoms with Crippen molar-refractivity contribution in [2.24, 2.45) is 5.16 Å².